The molecule has 0 radical (unpaired) electrons. The molecule has 3 atom stereocenters. The fourth-order valence-corrected chi connectivity index (χ4v) is 8.81. The second kappa shape index (κ2) is 19.9. The van der Waals surface area contributed by atoms with E-state index in [0.29, 0.717) is 51.8 Å². The molecule has 20 heteroatoms. The van der Waals surface area contributed by atoms with Crippen LogP contribution in [0.15, 0.2) is 47.3 Å². The Balaban J connectivity index is 0.946. The molecular formula is C48H55FN8O11. The maximum atomic E-state index is 15.3. The second-order valence-electron chi connectivity index (χ2n) is 18.1. The highest BCUT2D eigenvalue weighted by Crippen LogP contribution is 2.46. The number of fused-ring (bicyclic) bond motifs is 5. The minimum absolute atomic E-state index is 0.0175. The molecule has 0 bridgehead atoms. The van der Waals surface area contributed by atoms with Crippen LogP contribution in [-0.2, 0) is 69.8 Å². The molecule has 2 aromatic heterocycles. The zero-order valence-corrected chi connectivity index (χ0v) is 38.5. The first kappa shape index (κ1) is 48.7. The molecule has 1 aliphatic carbocycles. The Morgan fingerprint density at radius 2 is 1.65 bits per heavy atom. The number of cyclic esters (lactones) is 1. The number of pyridine rings is 2. The minimum atomic E-state index is -2.03. The van der Waals surface area contributed by atoms with Crippen molar-refractivity contribution in [1.29, 1.82) is 0 Å². The molecule has 6 amide bonds. The van der Waals surface area contributed by atoms with Gasteiger partial charge in [0.15, 0.2) is 5.60 Å². The van der Waals surface area contributed by atoms with E-state index in [9.17, 15) is 43.5 Å². The predicted molar refractivity (Wildman–Crippen MR) is 243 cm³/mol. The molecule has 68 heavy (non-hydrogen) atoms. The van der Waals surface area contributed by atoms with Gasteiger partial charge < -0.3 is 51.0 Å². The highest BCUT2D eigenvalue weighted by molar-refractivity contribution is 5.95. The Labute approximate surface area is 390 Å². The van der Waals surface area contributed by atoms with Crippen LogP contribution < -0.4 is 37.5 Å². The van der Waals surface area contributed by atoms with Crippen molar-refractivity contribution < 1.29 is 52.5 Å². The normalized spacial score (nSPS) is 17.1. The zero-order valence-electron chi connectivity index (χ0n) is 38.5. The van der Waals surface area contributed by atoms with Crippen molar-refractivity contribution in [3.05, 3.63) is 97.6 Å². The number of aliphatic hydroxyl groups is 1. The third kappa shape index (κ3) is 10.5. The number of hydrogen-bond acceptors (Lipinski definition) is 12. The van der Waals surface area contributed by atoms with Gasteiger partial charge in [0, 0.05) is 42.0 Å². The van der Waals surface area contributed by atoms with Crippen molar-refractivity contribution in [3.8, 4) is 11.4 Å². The van der Waals surface area contributed by atoms with Gasteiger partial charge in [0.1, 0.15) is 30.6 Å². The molecule has 0 saturated heterocycles. The van der Waals surface area contributed by atoms with Gasteiger partial charge >= 0.3 is 12.1 Å². The van der Waals surface area contributed by atoms with E-state index in [4.69, 9.17) is 14.5 Å². The van der Waals surface area contributed by atoms with Crippen LogP contribution in [0.3, 0.4) is 0 Å². The van der Waals surface area contributed by atoms with Crippen LogP contribution in [0.1, 0.15) is 98.4 Å². The first-order chi connectivity index (χ1) is 32.3. The van der Waals surface area contributed by atoms with E-state index in [0.717, 1.165) is 11.1 Å². The predicted octanol–water partition coefficient (Wildman–Crippen LogP) is 2.01. The number of aromatic nitrogens is 2. The summed E-state index contributed by atoms with van der Waals surface area (Å²) in [7, 11) is 0. The Bertz CT molecular complexity index is 2770. The number of nitrogens with one attached hydrogen (secondary N) is 6. The van der Waals surface area contributed by atoms with E-state index in [1.165, 1.54) is 10.6 Å². The quantitative estimate of drug-likeness (QED) is 0.0554. The molecule has 2 unspecified atom stereocenters. The molecule has 0 saturated carbocycles. The van der Waals surface area contributed by atoms with Crippen molar-refractivity contribution in [2.75, 3.05) is 26.2 Å². The monoisotopic (exact) mass is 938 g/mol. The summed E-state index contributed by atoms with van der Waals surface area (Å²) >= 11 is 0. The lowest BCUT2D eigenvalue weighted by molar-refractivity contribution is -0.172. The Kier molecular flexibility index (Phi) is 14.3. The maximum Gasteiger partial charge on any atom is 0.408 e. The smallest absolute Gasteiger partial charge is 0.408 e. The average molecular weight is 939 g/mol. The fourth-order valence-electron chi connectivity index (χ4n) is 8.81. The summed E-state index contributed by atoms with van der Waals surface area (Å²) in [5.41, 5.74) is 1.48. The van der Waals surface area contributed by atoms with Crippen molar-refractivity contribution in [2.24, 2.45) is 0 Å². The van der Waals surface area contributed by atoms with Gasteiger partial charge in [-0.25, -0.2) is 19.0 Å². The lowest BCUT2D eigenvalue weighted by Crippen LogP contribution is -2.52. The summed E-state index contributed by atoms with van der Waals surface area (Å²) in [6, 6.07) is 10.1. The molecular weight excluding hydrogens is 884 g/mol. The average Bonchev–Trinajstić information content (AvgIpc) is 3.67. The molecule has 0 fully saturated rings. The number of ether oxygens (including phenoxy) is 2. The van der Waals surface area contributed by atoms with E-state index in [-0.39, 0.29) is 62.4 Å². The molecule has 3 aliphatic rings. The van der Waals surface area contributed by atoms with Crippen molar-refractivity contribution in [1.82, 2.24) is 41.5 Å². The lowest BCUT2D eigenvalue weighted by atomic mass is 9.81. The number of carbonyl (C=O) groups excluding carboxylic acids is 7. The van der Waals surface area contributed by atoms with E-state index in [2.05, 4.69) is 31.9 Å². The number of carbonyl (C=O) groups is 7. The summed E-state index contributed by atoms with van der Waals surface area (Å²) in [5, 5.41) is 27.6. The standard InChI is InChI=1S/C48H55FN8O11/c1-6-48(66)30-18-35-42-28(23-57(35)44(63)29(30)24-67-45(48)64)41-32(15-14-27-25(2)31(49)19-33(56-42)40(27)41)54-36(58)13-10-16-50-37(59)20-52-43(62)34(17-26-11-8-7-9-12-26)55-39(61)22-51-38(60)21-53-46(65)68-47(3,4)5/h7-9,11-12,18-19,32,34,66H,6,10,13-17,20-24H2,1-5H3,(H,50,59)(H,51,60)(H,52,62)(H,53,65)(H,54,58)(H,55,61)/t32?,34-,48?/m0/s1. The number of nitrogens with zero attached hydrogens (tertiary/aromatic N) is 2. The van der Waals surface area contributed by atoms with Crippen LogP contribution in [0.2, 0.25) is 0 Å². The first-order valence-electron chi connectivity index (χ1n) is 22.5. The van der Waals surface area contributed by atoms with Crippen molar-refractivity contribution in [3.63, 3.8) is 0 Å². The largest absolute Gasteiger partial charge is 0.458 e. The summed E-state index contributed by atoms with van der Waals surface area (Å²) in [5.74, 6) is -4.16. The van der Waals surface area contributed by atoms with E-state index >= 15 is 4.39 Å². The highest BCUT2D eigenvalue weighted by atomic mass is 19.1. The van der Waals surface area contributed by atoms with Gasteiger partial charge in [0.2, 0.25) is 29.5 Å². The Morgan fingerprint density at radius 3 is 2.37 bits per heavy atom. The number of esters is 1. The van der Waals surface area contributed by atoms with Crippen LogP contribution in [0.4, 0.5) is 9.18 Å². The summed E-state index contributed by atoms with van der Waals surface area (Å²) in [6.45, 7) is 6.83. The Hall–Kier alpha value is -7.22. The number of aryl methyl sites for hydroxylation is 1. The highest BCUT2D eigenvalue weighted by Gasteiger charge is 2.46. The van der Waals surface area contributed by atoms with Crippen LogP contribution in [0.5, 0.6) is 0 Å². The Morgan fingerprint density at radius 1 is 0.941 bits per heavy atom. The van der Waals surface area contributed by atoms with E-state index < -0.39 is 90.0 Å². The molecule has 7 N–H and O–H groups in total. The molecule has 2 aliphatic heterocycles. The number of benzene rings is 2. The topological polar surface area (TPSA) is 265 Å². The van der Waals surface area contributed by atoms with Crippen LogP contribution in [-0.4, -0.2) is 94.1 Å². The van der Waals surface area contributed by atoms with Crippen molar-refractivity contribution in [2.45, 2.75) is 110 Å². The zero-order chi connectivity index (χ0) is 49.1. The van der Waals surface area contributed by atoms with Crippen LogP contribution in [0.25, 0.3) is 22.3 Å². The number of amides is 6. The minimum Gasteiger partial charge on any atom is -0.458 e. The summed E-state index contributed by atoms with van der Waals surface area (Å²) < 4.78 is 27.1. The second-order valence-corrected chi connectivity index (χ2v) is 18.1. The van der Waals surface area contributed by atoms with Crippen molar-refractivity contribution >= 4 is 52.5 Å². The fraction of sp³-hybridized carbons (Fsp3) is 0.438. The molecule has 0 spiro atoms. The maximum absolute atomic E-state index is 15.3. The third-order valence-corrected chi connectivity index (χ3v) is 12.2. The van der Waals surface area contributed by atoms with Gasteiger partial charge in [0.05, 0.1) is 48.1 Å². The summed E-state index contributed by atoms with van der Waals surface area (Å²) in [6.07, 6.45) is 0.377. The van der Waals surface area contributed by atoms with Crippen LogP contribution in [0, 0.1) is 12.7 Å². The number of halogens is 1. The van der Waals surface area contributed by atoms with Gasteiger partial charge in [-0.3, -0.25) is 28.8 Å². The van der Waals surface area contributed by atoms with E-state index in [1.54, 1.807) is 71.0 Å². The molecule has 4 heterocycles. The SMILES string of the molecule is CCC1(O)C(=O)OCc2c1cc1n(c2=O)Cc2c-1nc1cc(F)c(C)c3c1c2C(NC(=O)CCCNC(=O)CNC(=O)[C@H](Cc1ccccc1)NC(=O)CNC(=O)CNC(=O)OC(C)(C)C)CC3. The van der Waals surface area contributed by atoms with E-state index in [1.807, 2.05) is 0 Å². The van der Waals surface area contributed by atoms with Gasteiger partial charge in [-0.05, 0) is 81.7 Å². The third-order valence-electron chi connectivity index (χ3n) is 12.2. The first-order valence-corrected chi connectivity index (χ1v) is 22.5. The lowest BCUT2D eigenvalue weighted by Gasteiger charge is -2.31. The molecule has 4 aromatic rings. The summed E-state index contributed by atoms with van der Waals surface area (Å²) in [4.78, 5) is 108. The van der Waals surface area contributed by atoms with Gasteiger partial charge in [-0.1, -0.05) is 37.3 Å². The molecule has 19 nitrogen and oxygen atoms in total. The number of hydrogen-bond donors (Lipinski definition) is 7. The van der Waals surface area contributed by atoms with Gasteiger partial charge in [-0.15, -0.1) is 0 Å². The van der Waals surface area contributed by atoms with Crippen LogP contribution >= 0.6 is 0 Å². The molecule has 2 aromatic carbocycles. The van der Waals surface area contributed by atoms with Gasteiger partial charge in [-0.2, -0.15) is 0 Å². The molecule has 7 rings (SSSR count). The number of rotatable bonds is 16. The number of alkyl carbamates (subject to hydrolysis) is 1. The molecule has 360 valence electrons. The van der Waals surface area contributed by atoms with Gasteiger partial charge in [0.25, 0.3) is 5.56 Å².